The summed E-state index contributed by atoms with van der Waals surface area (Å²) >= 11 is 2.05. The highest BCUT2D eigenvalue weighted by Crippen LogP contribution is 2.26. The van der Waals surface area contributed by atoms with Crippen molar-refractivity contribution in [3.8, 4) is 0 Å². The monoisotopic (exact) mass is 264 g/mol. The second-order valence-electron chi connectivity index (χ2n) is 4.73. The lowest BCUT2D eigenvalue weighted by Crippen LogP contribution is -2.20. The third kappa shape index (κ3) is 3.42. The van der Waals surface area contributed by atoms with Crippen LogP contribution in [-0.4, -0.2) is 23.3 Å². The zero-order valence-electron chi connectivity index (χ0n) is 10.7. The van der Waals surface area contributed by atoms with Gasteiger partial charge in [0.05, 0.1) is 0 Å². The molecule has 1 unspecified atom stereocenters. The molecule has 1 fully saturated rings. The van der Waals surface area contributed by atoms with E-state index < -0.39 is 0 Å². The van der Waals surface area contributed by atoms with Crippen LogP contribution in [0.15, 0.2) is 18.2 Å². The molecule has 1 aromatic rings. The molecular weight excluding hydrogens is 244 g/mol. The van der Waals surface area contributed by atoms with E-state index in [2.05, 4.69) is 5.32 Å². The van der Waals surface area contributed by atoms with Gasteiger partial charge in [-0.25, -0.2) is 0 Å². The lowest BCUT2D eigenvalue weighted by atomic mass is 10.1. The molecule has 1 saturated heterocycles. The average molecular weight is 264 g/mol. The Morgan fingerprint density at radius 1 is 1.50 bits per heavy atom. The van der Waals surface area contributed by atoms with Crippen LogP contribution >= 0.6 is 11.8 Å². The van der Waals surface area contributed by atoms with Gasteiger partial charge in [-0.15, -0.1) is 0 Å². The SMILES string of the molecule is CC(=O)c1ccc(NCC2CCCCS2)cc1N. The summed E-state index contributed by atoms with van der Waals surface area (Å²) < 4.78 is 0. The molecule has 1 heterocycles. The topological polar surface area (TPSA) is 55.1 Å². The van der Waals surface area contributed by atoms with Crippen molar-refractivity contribution in [1.29, 1.82) is 0 Å². The van der Waals surface area contributed by atoms with Crippen molar-refractivity contribution in [3.05, 3.63) is 23.8 Å². The standard InChI is InChI=1S/C14H20N2OS/c1-10(17)13-6-5-11(8-14(13)15)16-9-12-4-2-3-7-18-12/h5-6,8,12,16H,2-4,7,9,15H2,1H3. The summed E-state index contributed by atoms with van der Waals surface area (Å²) in [4.78, 5) is 11.3. The van der Waals surface area contributed by atoms with E-state index in [0.717, 1.165) is 12.2 Å². The molecule has 0 amide bonds. The number of rotatable bonds is 4. The number of Topliss-reactive ketones (excluding diaryl/α,β-unsaturated/α-hetero) is 1. The second-order valence-corrected chi connectivity index (χ2v) is 6.14. The summed E-state index contributed by atoms with van der Waals surface area (Å²) in [7, 11) is 0. The van der Waals surface area contributed by atoms with E-state index in [1.165, 1.54) is 31.9 Å². The fraction of sp³-hybridized carbons (Fsp3) is 0.500. The molecule has 1 aromatic carbocycles. The maximum absolute atomic E-state index is 11.3. The van der Waals surface area contributed by atoms with Crippen molar-refractivity contribution >= 4 is 28.9 Å². The predicted molar refractivity (Wildman–Crippen MR) is 79.4 cm³/mol. The van der Waals surface area contributed by atoms with Gasteiger partial charge in [-0.1, -0.05) is 6.42 Å². The fourth-order valence-corrected chi connectivity index (χ4v) is 3.43. The van der Waals surface area contributed by atoms with Gasteiger partial charge in [-0.2, -0.15) is 11.8 Å². The highest BCUT2D eigenvalue weighted by molar-refractivity contribution is 7.99. The number of hydrogen-bond acceptors (Lipinski definition) is 4. The summed E-state index contributed by atoms with van der Waals surface area (Å²) in [6, 6.07) is 5.58. The maximum Gasteiger partial charge on any atom is 0.161 e. The van der Waals surface area contributed by atoms with Gasteiger partial charge in [0, 0.05) is 28.7 Å². The highest BCUT2D eigenvalue weighted by atomic mass is 32.2. The van der Waals surface area contributed by atoms with E-state index in [9.17, 15) is 4.79 Å². The molecule has 0 bridgehead atoms. The van der Waals surface area contributed by atoms with Crippen LogP contribution in [0.3, 0.4) is 0 Å². The van der Waals surface area contributed by atoms with Crippen LogP contribution in [0.25, 0.3) is 0 Å². The van der Waals surface area contributed by atoms with Gasteiger partial charge >= 0.3 is 0 Å². The third-order valence-electron chi connectivity index (χ3n) is 3.24. The predicted octanol–water partition coefficient (Wildman–Crippen LogP) is 3.17. The molecule has 0 aliphatic carbocycles. The molecule has 1 aliphatic heterocycles. The Morgan fingerprint density at radius 3 is 2.94 bits per heavy atom. The summed E-state index contributed by atoms with van der Waals surface area (Å²) in [6.07, 6.45) is 3.98. The lowest BCUT2D eigenvalue weighted by molar-refractivity contribution is 0.101. The van der Waals surface area contributed by atoms with Crippen molar-refractivity contribution in [2.75, 3.05) is 23.3 Å². The summed E-state index contributed by atoms with van der Waals surface area (Å²) in [6.45, 7) is 2.51. The van der Waals surface area contributed by atoms with Crippen molar-refractivity contribution in [2.24, 2.45) is 0 Å². The summed E-state index contributed by atoms with van der Waals surface area (Å²) in [5, 5.41) is 4.11. The van der Waals surface area contributed by atoms with Crippen LogP contribution in [-0.2, 0) is 0 Å². The van der Waals surface area contributed by atoms with Gasteiger partial charge in [0.15, 0.2) is 5.78 Å². The number of thioether (sulfide) groups is 1. The molecule has 2 rings (SSSR count). The Balaban J connectivity index is 1.93. The van der Waals surface area contributed by atoms with Crippen LogP contribution < -0.4 is 11.1 Å². The number of benzene rings is 1. The Bertz CT molecular complexity index is 428. The molecule has 0 spiro atoms. The summed E-state index contributed by atoms with van der Waals surface area (Å²) in [5.41, 5.74) is 8.03. The second kappa shape index (κ2) is 6.14. The number of nitrogen functional groups attached to an aromatic ring is 1. The number of nitrogens with one attached hydrogen (secondary N) is 1. The van der Waals surface area contributed by atoms with Gasteiger partial charge in [0.25, 0.3) is 0 Å². The Kier molecular flexibility index (Phi) is 4.53. The first-order valence-electron chi connectivity index (χ1n) is 6.43. The van der Waals surface area contributed by atoms with Crippen molar-refractivity contribution in [1.82, 2.24) is 0 Å². The number of nitrogens with two attached hydrogens (primary N) is 1. The van der Waals surface area contributed by atoms with Crippen molar-refractivity contribution in [3.63, 3.8) is 0 Å². The quantitative estimate of drug-likeness (QED) is 0.648. The first kappa shape index (κ1) is 13.3. The maximum atomic E-state index is 11.3. The molecule has 18 heavy (non-hydrogen) atoms. The summed E-state index contributed by atoms with van der Waals surface area (Å²) in [5.74, 6) is 1.29. The largest absolute Gasteiger partial charge is 0.398 e. The molecule has 0 aromatic heterocycles. The van der Waals surface area contributed by atoms with E-state index in [4.69, 9.17) is 5.73 Å². The van der Waals surface area contributed by atoms with Gasteiger partial charge < -0.3 is 11.1 Å². The van der Waals surface area contributed by atoms with Crippen LogP contribution in [0, 0.1) is 0 Å². The van der Waals surface area contributed by atoms with Crippen LogP contribution in [0.1, 0.15) is 36.5 Å². The minimum absolute atomic E-state index is 0.0156. The Morgan fingerprint density at radius 2 is 2.33 bits per heavy atom. The molecule has 1 aliphatic rings. The number of carbonyl (C=O) groups excluding carboxylic acids is 1. The molecule has 3 nitrogen and oxygen atoms in total. The third-order valence-corrected chi connectivity index (χ3v) is 4.64. The van der Waals surface area contributed by atoms with Gasteiger partial charge in [-0.05, 0) is 43.7 Å². The molecule has 98 valence electrons. The molecule has 4 heteroatoms. The highest BCUT2D eigenvalue weighted by Gasteiger charge is 2.13. The van der Waals surface area contributed by atoms with Gasteiger partial charge in [0.2, 0.25) is 0 Å². The van der Waals surface area contributed by atoms with E-state index >= 15 is 0 Å². The van der Waals surface area contributed by atoms with E-state index in [0.29, 0.717) is 16.5 Å². The van der Waals surface area contributed by atoms with E-state index in [-0.39, 0.29) is 5.78 Å². The van der Waals surface area contributed by atoms with Gasteiger partial charge in [0.1, 0.15) is 0 Å². The molecule has 1 atom stereocenters. The van der Waals surface area contributed by atoms with Crippen molar-refractivity contribution in [2.45, 2.75) is 31.4 Å². The smallest absolute Gasteiger partial charge is 0.161 e. The van der Waals surface area contributed by atoms with Crippen LogP contribution in [0.2, 0.25) is 0 Å². The number of anilines is 2. The first-order chi connectivity index (χ1) is 8.66. The average Bonchev–Trinajstić information content (AvgIpc) is 2.37. The number of ketones is 1. The molecule has 0 saturated carbocycles. The first-order valence-corrected chi connectivity index (χ1v) is 7.47. The zero-order chi connectivity index (χ0) is 13.0. The number of carbonyl (C=O) groups is 1. The van der Waals surface area contributed by atoms with E-state index in [1.54, 1.807) is 6.07 Å². The number of hydrogen-bond donors (Lipinski definition) is 2. The minimum atomic E-state index is 0.0156. The zero-order valence-corrected chi connectivity index (χ0v) is 11.6. The normalized spacial score (nSPS) is 19.5. The van der Waals surface area contributed by atoms with E-state index in [1.807, 2.05) is 23.9 Å². The lowest BCUT2D eigenvalue weighted by Gasteiger charge is -2.22. The minimum Gasteiger partial charge on any atom is -0.398 e. The van der Waals surface area contributed by atoms with Gasteiger partial charge in [-0.3, -0.25) is 4.79 Å². The van der Waals surface area contributed by atoms with Crippen molar-refractivity contribution < 1.29 is 4.79 Å². The Labute approximate surface area is 113 Å². The Hall–Kier alpha value is -1.16. The molecule has 0 radical (unpaired) electrons. The van der Waals surface area contributed by atoms with Crippen LogP contribution in [0.5, 0.6) is 0 Å². The molecule has 3 N–H and O–H groups in total. The molecular formula is C14H20N2OS. The fourth-order valence-electron chi connectivity index (χ4n) is 2.19. The van der Waals surface area contributed by atoms with Crippen LogP contribution in [0.4, 0.5) is 11.4 Å².